The van der Waals surface area contributed by atoms with Crippen molar-refractivity contribution < 1.29 is 8.42 Å². The van der Waals surface area contributed by atoms with E-state index in [9.17, 15) is 8.42 Å². The Morgan fingerprint density at radius 3 is 2.47 bits per heavy atom. The average Bonchev–Trinajstić information content (AvgIpc) is 2.56. The standard InChI is InChI=1S/C12H26N2O2S/c1-4-13-8-5-9-17(15,16)14-12-7-6-10(2)11(12)3/h10-14H,4-9H2,1-3H3. The number of sulfonamides is 1. The fourth-order valence-corrected chi connectivity index (χ4v) is 3.82. The van der Waals surface area contributed by atoms with E-state index in [1.807, 2.05) is 6.92 Å². The molecule has 1 saturated carbocycles. The predicted octanol–water partition coefficient (Wildman–Crippen LogP) is 1.34. The summed E-state index contributed by atoms with van der Waals surface area (Å²) in [5.74, 6) is 1.32. The predicted molar refractivity (Wildman–Crippen MR) is 71.4 cm³/mol. The van der Waals surface area contributed by atoms with E-state index >= 15 is 0 Å². The molecule has 1 fully saturated rings. The van der Waals surface area contributed by atoms with Gasteiger partial charge in [-0.3, -0.25) is 0 Å². The van der Waals surface area contributed by atoms with Crippen LogP contribution in [0.4, 0.5) is 0 Å². The summed E-state index contributed by atoms with van der Waals surface area (Å²) in [6.45, 7) is 8.03. The molecule has 1 aliphatic carbocycles. The van der Waals surface area contributed by atoms with Gasteiger partial charge >= 0.3 is 0 Å². The molecule has 0 aliphatic heterocycles. The van der Waals surface area contributed by atoms with E-state index in [1.54, 1.807) is 0 Å². The molecule has 5 heteroatoms. The van der Waals surface area contributed by atoms with Gasteiger partial charge < -0.3 is 5.32 Å². The van der Waals surface area contributed by atoms with Crippen LogP contribution >= 0.6 is 0 Å². The van der Waals surface area contributed by atoms with Crippen LogP contribution in [0.25, 0.3) is 0 Å². The van der Waals surface area contributed by atoms with Crippen LogP contribution in [0.1, 0.15) is 40.0 Å². The quantitative estimate of drug-likeness (QED) is 0.681. The molecule has 4 nitrogen and oxygen atoms in total. The SMILES string of the molecule is CCNCCCS(=O)(=O)NC1CCC(C)C1C. The molecule has 17 heavy (non-hydrogen) atoms. The van der Waals surface area contributed by atoms with Gasteiger partial charge in [0.05, 0.1) is 5.75 Å². The van der Waals surface area contributed by atoms with Crippen LogP contribution in [-0.2, 0) is 10.0 Å². The Hall–Kier alpha value is -0.130. The second-order valence-corrected chi connectivity index (χ2v) is 7.04. The number of nitrogens with one attached hydrogen (secondary N) is 2. The van der Waals surface area contributed by atoms with Gasteiger partial charge in [-0.15, -0.1) is 0 Å². The lowest BCUT2D eigenvalue weighted by Gasteiger charge is -2.19. The fourth-order valence-electron chi connectivity index (χ4n) is 2.38. The van der Waals surface area contributed by atoms with Crippen LogP contribution in [0.3, 0.4) is 0 Å². The summed E-state index contributed by atoms with van der Waals surface area (Å²) >= 11 is 0. The van der Waals surface area contributed by atoms with Crippen molar-refractivity contribution in [1.29, 1.82) is 0 Å². The van der Waals surface area contributed by atoms with Gasteiger partial charge in [0, 0.05) is 6.04 Å². The zero-order valence-corrected chi connectivity index (χ0v) is 12.0. The second kappa shape index (κ2) is 6.71. The minimum Gasteiger partial charge on any atom is -0.317 e. The first kappa shape index (κ1) is 14.9. The molecule has 0 saturated heterocycles. The van der Waals surface area contributed by atoms with E-state index in [4.69, 9.17) is 0 Å². The van der Waals surface area contributed by atoms with E-state index in [2.05, 4.69) is 23.9 Å². The normalized spacial score (nSPS) is 29.7. The van der Waals surface area contributed by atoms with E-state index in [-0.39, 0.29) is 11.8 Å². The fraction of sp³-hybridized carbons (Fsp3) is 1.00. The van der Waals surface area contributed by atoms with Gasteiger partial charge in [-0.05, 0) is 44.2 Å². The summed E-state index contributed by atoms with van der Waals surface area (Å²) in [6.07, 6.45) is 2.79. The van der Waals surface area contributed by atoms with Gasteiger partial charge in [0.2, 0.25) is 10.0 Å². The Kier molecular flexibility index (Phi) is 5.89. The Bertz CT molecular complexity index is 316. The smallest absolute Gasteiger partial charge is 0.211 e. The lowest BCUT2D eigenvalue weighted by molar-refractivity contribution is 0.402. The van der Waals surface area contributed by atoms with Crippen LogP contribution in [0.2, 0.25) is 0 Å². The van der Waals surface area contributed by atoms with Crippen LogP contribution in [-0.4, -0.2) is 33.3 Å². The van der Waals surface area contributed by atoms with Crippen molar-refractivity contribution in [2.45, 2.75) is 46.1 Å². The van der Waals surface area contributed by atoms with Gasteiger partial charge in [-0.25, -0.2) is 13.1 Å². The maximum atomic E-state index is 11.9. The highest BCUT2D eigenvalue weighted by atomic mass is 32.2. The minimum atomic E-state index is -3.09. The highest BCUT2D eigenvalue weighted by Crippen LogP contribution is 2.31. The van der Waals surface area contributed by atoms with Crippen molar-refractivity contribution in [2.24, 2.45) is 11.8 Å². The molecule has 0 aromatic rings. The number of hydrogen-bond donors (Lipinski definition) is 2. The third kappa shape index (κ3) is 4.94. The van der Waals surface area contributed by atoms with Crippen molar-refractivity contribution in [2.75, 3.05) is 18.8 Å². The zero-order chi connectivity index (χ0) is 12.9. The third-order valence-electron chi connectivity index (χ3n) is 3.81. The monoisotopic (exact) mass is 262 g/mol. The van der Waals surface area contributed by atoms with Gasteiger partial charge in [-0.1, -0.05) is 20.8 Å². The van der Waals surface area contributed by atoms with Gasteiger partial charge in [0.1, 0.15) is 0 Å². The second-order valence-electron chi connectivity index (χ2n) is 5.16. The van der Waals surface area contributed by atoms with Crippen LogP contribution in [0.5, 0.6) is 0 Å². The Morgan fingerprint density at radius 2 is 1.94 bits per heavy atom. The first-order valence-electron chi connectivity index (χ1n) is 6.67. The van der Waals surface area contributed by atoms with Crippen molar-refractivity contribution in [1.82, 2.24) is 10.0 Å². The molecule has 3 atom stereocenters. The topological polar surface area (TPSA) is 58.2 Å². The minimum absolute atomic E-state index is 0.147. The summed E-state index contributed by atoms with van der Waals surface area (Å²) in [7, 11) is -3.09. The summed E-state index contributed by atoms with van der Waals surface area (Å²) in [6, 6.07) is 0.147. The highest BCUT2D eigenvalue weighted by Gasteiger charge is 2.32. The summed E-state index contributed by atoms with van der Waals surface area (Å²) < 4.78 is 26.6. The van der Waals surface area contributed by atoms with Gasteiger partial charge in [-0.2, -0.15) is 0 Å². The lowest BCUT2D eigenvalue weighted by Crippen LogP contribution is -2.39. The molecule has 3 unspecified atom stereocenters. The molecule has 0 amide bonds. The molecule has 0 aromatic carbocycles. The van der Waals surface area contributed by atoms with E-state index in [0.717, 1.165) is 25.9 Å². The molecule has 1 aliphatic rings. The van der Waals surface area contributed by atoms with E-state index in [1.165, 1.54) is 0 Å². The average molecular weight is 262 g/mol. The van der Waals surface area contributed by atoms with E-state index < -0.39 is 10.0 Å². The molecule has 1 rings (SSSR count). The first-order chi connectivity index (χ1) is 7.96. The molecular weight excluding hydrogens is 236 g/mol. The number of rotatable bonds is 7. The Morgan fingerprint density at radius 1 is 1.24 bits per heavy atom. The van der Waals surface area contributed by atoms with Crippen LogP contribution in [0.15, 0.2) is 0 Å². The summed E-state index contributed by atoms with van der Waals surface area (Å²) in [5.41, 5.74) is 0. The van der Waals surface area contributed by atoms with Crippen molar-refractivity contribution in [3.05, 3.63) is 0 Å². The maximum absolute atomic E-state index is 11.9. The molecule has 102 valence electrons. The molecule has 0 aromatic heterocycles. The molecule has 0 bridgehead atoms. The lowest BCUT2D eigenvalue weighted by atomic mass is 9.98. The molecular formula is C12H26N2O2S. The first-order valence-corrected chi connectivity index (χ1v) is 8.32. The third-order valence-corrected chi connectivity index (χ3v) is 5.30. The Labute approximate surface area is 106 Å². The van der Waals surface area contributed by atoms with Gasteiger partial charge in [0.15, 0.2) is 0 Å². The Balaban J connectivity index is 2.34. The highest BCUT2D eigenvalue weighted by molar-refractivity contribution is 7.89. The molecule has 0 radical (unpaired) electrons. The molecule has 2 N–H and O–H groups in total. The maximum Gasteiger partial charge on any atom is 0.211 e. The summed E-state index contributed by atoms with van der Waals surface area (Å²) in [4.78, 5) is 0. The van der Waals surface area contributed by atoms with Crippen molar-refractivity contribution in [3.8, 4) is 0 Å². The largest absolute Gasteiger partial charge is 0.317 e. The van der Waals surface area contributed by atoms with Crippen LogP contribution in [0, 0.1) is 11.8 Å². The van der Waals surface area contributed by atoms with E-state index in [0.29, 0.717) is 18.3 Å². The molecule has 0 heterocycles. The number of hydrogen-bond acceptors (Lipinski definition) is 3. The van der Waals surface area contributed by atoms with Crippen molar-refractivity contribution >= 4 is 10.0 Å². The molecule has 0 spiro atoms. The van der Waals surface area contributed by atoms with Crippen molar-refractivity contribution in [3.63, 3.8) is 0 Å². The summed E-state index contributed by atoms with van der Waals surface area (Å²) in [5, 5.41) is 3.14. The van der Waals surface area contributed by atoms with Gasteiger partial charge in [0.25, 0.3) is 0 Å². The van der Waals surface area contributed by atoms with Crippen LogP contribution < -0.4 is 10.0 Å². The zero-order valence-electron chi connectivity index (χ0n) is 11.2.